The summed E-state index contributed by atoms with van der Waals surface area (Å²) < 4.78 is 11.8. The van der Waals surface area contributed by atoms with Crippen LogP contribution in [0, 0.1) is 11.8 Å². The second-order valence-electron chi connectivity index (χ2n) is 8.11. The number of rotatable bonds is 9. The van der Waals surface area contributed by atoms with Crippen LogP contribution in [-0.4, -0.2) is 43.2 Å². The maximum Gasteiger partial charge on any atom is 0.234 e. The van der Waals surface area contributed by atoms with E-state index in [4.69, 9.17) is 21.1 Å². The van der Waals surface area contributed by atoms with Gasteiger partial charge in [-0.2, -0.15) is 0 Å². The molecule has 1 aliphatic carbocycles. The number of aromatic nitrogens is 1. The third kappa shape index (κ3) is 5.82. The summed E-state index contributed by atoms with van der Waals surface area (Å²) in [7, 11) is 0. The Bertz CT molecular complexity index is 628. The van der Waals surface area contributed by atoms with Gasteiger partial charge in [0, 0.05) is 32.3 Å². The molecule has 2 heterocycles. The number of hydrogen-bond acceptors (Lipinski definition) is 5. The van der Waals surface area contributed by atoms with Crippen molar-refractivity contribution in [3.05, 3.63) is 17.3 Å². The fourth-order valence-corrected chi connectivity index (χ4v) is 4.17. The first-order valence-electron chi connectivity index (χ1n) is 10.2. The summed E-state index contributed by atoms with van der Waals surface area (Å²) in [6.07, 6.45) is 8.38. The van der Waals surface area contributed by atoms with E-state index in [-0.39, 0.29) is 11.9 Å². The molecule has 1 saturated heterocycles. The van der Waals surface area contributed by atoms with Crippen molar-refractivity contribution < 1.29 is 14.3 Å². The molecule has 1 aromatic rings. The molecular weight excluding hydrogens is 364 g/mol. The summed E-state index contributed by atoms with van der Waals surface area (Å²) in [6, 6.07) is 1.98. The molecule has 2 aliphatic rings. The molecule has 27 heavy (non-hydrogen) atoms. The molecule has 0 radical (unpaired) electrons. The molecule has 2 fully saturated rings. The number of carbonyl (C=O) groups excluding carboxylic acids is 1. The molecule has 0 N–H and O–H groups in total. The second-order valence-corrected chi connectivity index (χ2v) is 8.49. The Morgan fingerprint density at radius 1 is 1.33 bits per heavy atom. The van der Waals surface area contributed by atoms with E-state index >= 15 is 0 Å². The van der Waals surface area contributed by atoms with E-state index in [9.17, 15) is 4.79 Å². The van der Waals surface area contributed by atoms with Crippen LogP contribution in [0.25, 0.3) is 0 Å². The zero-order chi connectivity index (χ0) is 19.2. The third-order valence-electron chi connectivity index (χ3n) is 5.43. The summed E-state index contributed by atoms with van der Waals surface area (Å²) in [5, 5.41) is 0.629. The normalized spacial score (nSPS) is 23.6. The van der Waals surface area contributed by atoms with Crippen LogP contribution in [-0.2, 0) is 9.53 Å². The highest BCUT2D eigenvalue weighted by Gasteiger charge is 2.31. The van der Waals surface area contributed by atoms with Crippen molar-refractivity contribution in [1.29, 1.82) is 0 Å². The topological polar surface area (TPSA) is 51.7 Å². The summed E-state index contributed by atoms with van der Waals surface area (Å²) >= 11 is 6.56. The van der Waals surface area contributed by atoms with Crippen molar-refractivity contribution in [1.82, 2.24) is 4.98 Å². The van der Waals surface area contributed by atoms with Crippen LogP contribution in [0.15, 0.2) is 12.3 Å². The summed E-state index contributed by atoms with van der Waals surface area (Å²) in [5.74, 6) is 1.54. The fraction of sp³-hybridized carbons (Fsp3) is 0.714. The predicted octanol–water partition coefficient (Wildman–Crippen LogP) is 4.51. The van der Waals surface area contributed by atoms with E-state index in [2.05, 4.69) is 16.8 Å². The van der Waals surface area contributed by atoms with Gasteiger partial charge in [-0.15, -0.1) is 0 Å². The van der Waals surface area contributed by atoms with E-state index in [1.807, 2.05) is 6.07 Å². The molecule has 3 rings (SSSR count). The van der Waals surface area contributed by atoms with Gasteiger partial charge in [-0.3, -0.25) is 0 Å². The van der Waals surface area contributed by atoms with Gasteiger partial charge in [-0.1, -0.05) is 18.5 Å². The molecule has 0 amide bonds. The summed E-state index contributed by atoms with van der Waals surface area (Å²) in [6.45, 7) is 7.07. The highest BCUT2D eigenvalue weighted by Crippen LogP contribution is 2.36. The SMILES string of the molecule is CC(=O)C[C@@H](C)COC1CC(COc2nccc(N3CCCCC3)c2Cl)C1. The fourth-order valence-electron chi connectivity index (χ4n) is 3.89. The number of ether oxygens (including phenoxy) is 2. The van der Waals surface area contributed by atoms with Crippen LogP contribution in [0.5, 0.6) is 5.88 Å². The zero-order valence-corrected chi connectivity index (χ0v) is 17.2. The molecule has 0 aromatic carbocycles. The second kappa shape index (κ2) is 9.74. The third-order valence-corrected chi connectivity index (χ3v) is 5.79. The minimum absolute atomic E-state index is 0.224. The lowest BCUT2D eigenvalue weighted by molar-refractivity contribution is -0.119. The molecule has 1 aromatic heterocycles. The monoisotopic (exact) mass is 394 g/mol. The van der Waals surface area contributed by atoms with Crippen LogP contribution in [0.3, 0.4) is 0 Å². The number of Topliss-reactive ketones (excluding diaryl/α,β-unsaturated/α-hetero) is 1. The molecule has 1 atom stereocenters. The van der Waals surface area contributed by atoms with Gasteiger partial charge in [0.25, 0.3) is 0 Å². The zero-order valence-electron chi connectivity index (χ0n) is 16.5. The number of halogens is 1. The van der Waals surface area contributed by atoms with Gasteiger partial charge in [-0.05, 0) is 56.9 Å². The van der Waals surface area contributed by atoms with Crippen LogP contribution < -0.4 is 9.64 Å². The Balaban J connectivity index is 1.40. The Labute approximate surface area is 167 Å². The maximum atomic E-state index is 11.1. The van der Waals surface area contributed by atoms with Crippen LogP contribution in [0.2, 0.25) is 5.02 Å². The van der Waals surface area contributed by atoms with E-state index in [0.29, 0.717) is 42.4 Å². The maximum absolute atomic E-state index is 11.1. The highest BCUT2D eigenvalue weighted by molar-refractivity contribution is 6.34. The van der Waals surface area contributed by atoms with Gasteiger partial charge in [0.15, 0.2) is 0 Å². The van der Waals surface area contributed by atoms with Crippen molar-refractivity contribution in [3.8, 4) is 5.88 Å². The molecule has 0 bridgehead atoms. The van der Waals surface area contributed by atoms with Gasteiger partial charge in [0.1, 0.15) is 10.8 Å². The van der Waals surface area contributed by atoms with Crippen LogP contribution in [0.4, 0.5) is 5.69 Å². The Kier molecular flexibility index (Phi) is 7.36. The first-order valence-corrected chi connectivity index (χ1v) is 10.5. The van der Waals surface area contributed by atoms with Gasteiger partial charge in [-0.25, -0.2) is 4.98 Å². The van der Waals surface area contributed by atoms with Crippen molar-refractivity contribution >= 4 is 23.1 Å². The van der Waals surface area contributed by atoms with E-state index < -0.39 is 0 Å². The first-order chi connectivity index (χ1) is 13.0. The smallest absolute Gasteiger partial charge is 0.234 e. The lowest BCUT2D eigenvalue weighted by atomic mass is 9.83. The average molecular weight is 395 g/mol. The average Bonchev–Trinajstić information content (AvgIpc) is 2.61. The standard InChI is InChI=1S/C21H31ClN2O3/c1-15(10-16(2)25)13-26-18-11-17(12-18)14-27-21-20(22)19(6-7-23-21)24-8-4-3-5-9-24/h6-7,15,17-18H,3-5,8-14H2,1-2H3/t15-,17?,18?/m1/s1. The molecule has 0 spiro atoms. The van der Waals surface area contributed by atoms with Crippen molar-refractivity contribution in [2.24, 2.45) is 11.8 Å². The van der Waals surface area contributed by atoms with E-state index in [0.717, 1.165) is 31.6 Å². The van der Waals surface area contributed by atoms with Crippen molar-refractivity contribution in [2.45, 2.75) is 58.5 Å². The molecule has 1 saturated carbocycles. The van der Waals surface area contributed by atoms with Gasteiger partial charge in [0.05, 0.1) is 18.4 Å². The number of anilines is 1. The van der Waals surface area contributed by atoms with Gasteiger partial charge in [0.2, 0.25) is 5.88 Å². The van der Waals surface area contributed by atoms with E-state index in [1.165, 1.54) is 19.3 Å². The molecule has 1 aliphatic heterocycles. The van der Waals surface area contributed by atoms with Crippen molar-refractivity contribution in [2.75, 3.05) is 31.2 Å². The number of ketones is 1. The Morgan fingerprint density at radius 3 is 2.78 bits per heavy atom. The highest BCUT2D eigenvalue weighted by atomic mass is 35.5. The van der Waals surface area contributed by atoms with Gasteiger partial charge >= 0.3 is 0 Å². The minimum atomic E-state index is 0.224. The largest absolute Gasteiger partial charge is 0.476 e. The number of pyridine rings is 1. The number of piperidine rings is 1. The number of hydrogen-bond donors (Lipinski definition) is 0. The lowest BCUT2D eigenvalue weighted by Crippen LogP contribution is -2.36. The first kappa shape index (κ1) is 20.4. The quantitative estimate of drug-likeness (QED) is 0.616. The predicted molar refractivity (Wildman–Crippen MR) is 108 cm³/mol. The molecular formula is C21H31ClN2O3. The van der Waals surface area contributed by atoms with Gasteiger partial charge < -0.3 is 19.2 Å². The van der Waals surface area contributed by atoms with Crippen molar-refractivity contribution in [3.63, 3.8) is 0 Å². The van der Waals surface area contributed by atoms with E-state index in [1.54, 1.807) is 13.1 Å². The van der Waals surface area contributed by atoms with Crippen LogP contribution in [0.1, 0.15) is 52.4 Å². The van der Waals surface area contributed by atoms with Crippen LogP contribution >= 0.6 is 11.6 Å². The minimum Gasteiger partial charge on any atom is -0.476 e. The molecule has 5 nitrogen and oxygen atoms in total. The Morgan fingerprint density at radius 2 is 2.07 bits per heavy atom. The number of nitrogens with zero attached hydrogens (tertiary/aromatic N) is 2. The lowest BCUT2D eigenvalue weighted by Gasteiger charge is -2.35. The Hall–Kier alpha value is -1.33. The number of carbonyl (C=O) groups is 1. The summed E-state index contributed by atoms with van der Waals surface area (Å²) in [4.78, 5) is 17.8. The molecule has 0 unspecified atom stereocenters. The molecule has 6 heteroatoms. The summed E-state index contributed by atoms with van der Waals surface area (Å²) in [5.41, 5.74) is 1.04. The molecule has 150 valence electrons.